The number of pyridine rings is 2. The van der Waals surface area contributed by atoms with Crippen molar-refractivity contribution in [2.45, 2.75) is 12.1 Å². The molecule has 1 amide bonds. The zero-order valence-corrected chi connectivity index (χ0v) is 21.6. The molecule has 0 aliphatic heterocycles. The van der Waals surface area contributed by atoms with Crippen LogP contribution in [0, 0.1) is 18.6 Å². The van der Waals surface area contributed by atoms with Gasteiger partial charge in [-0.3, -0.25) is 14.2 Å². The summed E-state index contributed by atoms with van der Waals surface area (Å²) in [6.07, 6.45) is 3.13. The van der Waals surface area contributed by atoms with Crippen LogP contribution in [-0.2, 0) is 0 Å². The van der Waals surface area contributed by atoms with Crippen LogP contribution in [0.4, 0.5) is 14.5 Å². The average molecular weight is 550 g/mol. The Morgan fingerprint density at radius 1 is 1.03 bits per heavy atom. The van der Waals surface area contributed by atoms with Gasteiger partial charge in [0.1, 0.15) is 22.5 Å². The fraction of sp³-hybridized carbons (Fsp3) is 0.0741. The Kier molecular flexibility index (Phi) is 6.92. The van der Waals surface area contributed by atoms with E-state index in [0.717, 1.165) is 22.3 Å². The van der Waals surface area contributed by atoms with Crippen LogP contribution >= 0.6 is 23.4 Å². The van der Waals surface area contributed by atoms with E-state index in [4.69, 9.17) is 11.6 Å². The Bertz CT molecular complexity index is 1760. The summed E-state index contributed by atoms with van der Waals surface area (Å²) in [6, 6.07) is 14.5. The molecule has 5 rings (SSSR count). The Balaban J connectivity index is 1.69. The summed E-state index contributed by atoms with van der Waals surface area (Å²) >= 11 is 7.03. The molecule has 3 heterocycles. The Morgan fingerprint density at radius 3 is 2.47 bits per heavy atom. The number of thioether (sulfide) groups is 1. The second-order valence-corrected chi connectivity index (χ2v) is 9.39. The van der Waals surface area contributed by atoms with Gasteiger partial charge in [-0.25, -0.2) is 23.7 Å². The van der Waals surface area contributed by atoms with Gasteiger partial charge in [0.05, 0.1) is 11.3 Å². The van der Waals surface area contributed by atoms with E-state index >= 15 is 0 Å². The monoisotopic (exact) mass is 549 g/mol. The molecule has 5 aromatic rings. The Hall–Kier alpha value is -4.15. The number of fused-ring (bicyclic) bond motifs is 1. The first-order valence-corrected chi connectivity index (χ1v) is 12.8. The maximum absolute atomic E-state index is 14.8. The van der Waals surface area contributed by atoms with Gasteiger partial charge in [0.2, 0.25) is 0 Å². The second kappa shape index (κ2) is 10.3. The number of rotatable bonds is 5. The smallest absolute Gasteiger partial charge is 0.257 e. The number of nitrogens with zero attached hydrogens (tertiary/aromatic N) is 4. The minimum Gasteiger partial charge on any atom is -0.322 e. The van der Waals surface area contributed by atoms with Crippen molar-refractivity contribution in [3.8, 4) is 16.9 Å². The first kappa shape index (κ1) is 25.5. The number of aryl methyl sites for hydroxylation is 1. The third kappa shape index (κ3) is 4.75. The summed E-state index contributed by atoms with van der Waals surface area (Å²) in [6.45, 7) is 1.86. The van der Waals surface area contributed by atoms with E-state index in [9.17, 15) is 18.4 Å². The zero-order valence-electron chi connectivity index (χ0n) is 20.0. The lowest BCUT2D eigenvalue weighted by Gasteiger charge is -2.16. The molecular weight excluding hydrogens is 532 g/mol. The SMILES string of the molecule is CSc1nc(-c2cc(NC(=O)c3ccc(Cl)nc3)ccc2C)c2ccc(=O)n(-c3c(F)cccc3F)c2n1. The lowest BCUT2D eigenvalue weighted by molar-refractivity contribution is 0.102. The van der Waals surface area contributed by atoms with Crippen LogP contribution in [0.15, 0.2) is 76.8 Å². The van der Waals surface area contributed by atoms with E-state index < -0.39 is 22.9 Å². The highest BCUT2D eigenvalue weighted by Gasteiger charge is 2.20. The fourth-order valence-corrected chi connectivity index (χ4v) is 4.45. The number of aromatic nitrogens is 4. The van der Waals surface area contributed by atoms with Gasteiger partial charge >= 0.3 is 0 Å². The van der Waals surface area contributed by atoms with Crippen LogP contribution in [0.1, 0.15) is 15.9 Å². The van der Waals surface area contributed by atoms with Crippen LogP contribution in [0.5, 0.6) is 0 Å². The van der Waals surface area contributed by atoms with Gasteiger partial charge in [0.25, 0.3) is 11.5 Å². The van der Waals surface area contributed by atoms with Crippen LogP contribution in [0.2, 0.25) is 5.15 Å². The van der Waals surface area contributed by atoms with Crippen molar-refractivity contribution < 1.29 is 13.6 Å². The summed E-state index contributed by atoms with van der Waals surface area (Å²) in [7, 11) is 0. The van der Waals surface area contributed by atoms with Gasteiger partial charge in [-0.05, 0) is 61.2 Å². The number of nitrogens with one attached hydrogen (secondary N) is 1. The van der Waals surface area contributed by atoms with Crippen LogP contribution in [-0.4, -0.2) is 31.7 Å². The number of hydrogen-bond acceptors (Lipinski definition) is 6. The molecule has 0 aliphatic rings. The maximum Gasteiger partial charge on any atom is 0.257 e. The minimum atomic E-state index is -0.900. The molecule has 11 heteroatoms. The highest BCUT2D eigenvalue weighted by molar-refractivity contribution is 7.98. The number of hydrogen-bond donors (Lipinski definition) is 1. The highest BCUT2D eigenvalue weighted by Crippen LogP contribution is 2.33. The zero-order chi connectivity index (χ0) is 27.0. The number of carbonyl (C=O) groups is 1. The van der Waals surface area contributed by atoms with Gasteiger partial charge in [-0.15, -0.1) is 0 Å². The van der Waals surface area contributed by atoms with Gasteiger partial charge in [-0.1, -0.05) is 35.5 Å². The quantitative estimate of drug-likeness (QED) is 0.163. The summed E-state index contributed by atoms with van der Waals surface area (Å²) in [5, 5.41) is 3.80. The molecule has 38 heavy (non-hydrogen) atoms. The van der Waals surface area contributed by atoms with Crippen LogP contribution < -0.4 is 10.9 Å². The Morgan fingerprint density at radius 2 is 1.79 bits per heavy atom. The summed E-state index contributed by atoms with van der Waals surface area (Å²) < 4.78 is 30.4. The molecule has 0 unspecified atom stereocenters. The molecule has 0 radical (unpaired) electrons. The van der Waals surface area contributed by atoms with E-state index in [0.29, 0.717) is 33.1 Å². The third-order valence-corrected chi connectivity index (χ3v) is 6.58. The Labute approximate surface area is 224 Å². The largest absolute Gasteiger partial charge is 0.322 e. The summed E-state index contributed by atoms with van der Waals surface area (Å²) in [4.78, 5) is 38.7. The van der Waals surface area contributed by atoms with Crippen molar-refractivity contribution in [2.75, 3.05) is 11.6 Å². The number of amides is 1. The number of carbonyl (C=O) groups excluding carboxylic acids is 1. The van der Waals surface area contributed by atoms with E-state index in [1.165, 1.54) is 42.2 Å². The van der Waals surface area contributed by atoms with Gasteiger partial charge in [-0.2, -0.15) is 0 Å². The normalized spacial score (nSPS) is 11.1. The maximum atomic E-state index is 14.8. The molecule has 7 nitrogen and oxygen atoms in total. The molecule has 1 N–H and O–H groups in total. The van der Waals surface area contributed by atoms with Crippen LogP contribution in [0.3, 0.4) is 0 Å². The number of para-hydroxylation sites is 1. The van der Waals surface area contributed by atoms with E-state index in [-0.39, 0.29) is 16.7 Å². The average Bonchev–Trinajstić information content (AvgIpc) is 2.90. The van der Waals surface area contributed by atoms with E-state index in [1.54, 1.807) is 24.5 Å². The molecule has 3 aromatic heterocycles. The molecule has 0 saturated carbocycles. The predicted molar refractivity (Wildman–Crippen MR) is 144 cm³/mol. The van der Waals surface area contributed by atoms with Gasteiger partial charge in [0, 0.05) is 28.9 Å². The number of anilines is 1. The lowest BCUT2D eigenvalue weighted by Crippen LogP contribution is -2.21. The summed E-state index contributed by atoms with van der Waals surface area (Å²) in [5.41, 5.74) is 1.59. The standard InChI is InChI=1S/C27H18ClF2N5O2S/c1-14-6-8-16(32-26(37)15-7-10-21(28)31-13-15)12-18(14)23-17-9-11-22(36)35(25(17)34-27(33-23)38-2)24-19(29)4-3-5-20(24)30/h3-13H,1-2H3,(H,32,37). The van der Waals surface area contributed by atoms with E-state index in [1.807, 2.05) is 13.0 Å². The van der Waals surface area contributed by atoms with Gasteiger partial charge < -0.3 is 5.32 Å². The first-order chi connectivity index (χ1) is 18.3. The van der Waals surface area contributed by atoms with Crippen molar-refractivity contribution in [3.05, 3.63) is 105 Å². The van der Waals surface area contributed by atoms with Crippen molar-refractivity contribution in [3.63, 3.8) is 0 Å². The van der Waals surface area contributed by atoms with Crippen molar-refractivity contribution >= 4 is 46.0 Å². The second-order valence-electron chi connectivity index (χ2n) is 8.23. The molecule has 0 bridgehead atoms. The number of halogens is 3. The predicted octanol–water partition coefficient (Wildman–Crippen LogP) is 6.06. The molecular formula is C27H18ClF2N5O2S. The first-order valence-electron chi connectivity index (χ1n) is 11.2. The van der Waals surface area contributed by atoms with Crippen LogP contribution in [0.25, 0.3) is 28.0 Å². The van der Waals surface area contributed by atoms with Crippen molar-refractivity contribution in [1.82, 2.24) is 19.5 Å². The molecule has 0 spiro atoms. The van der Waals surface area contributed by atoms with E-state index in [2.05, 4.69) is 20.3 Å². The van der Waals surface area contributed by atoms with Crippen molar-refractivity contribution in [2.24, 2.45) is 0 Å². The minimum absolute atomic E-state index is 0.0527. The molecule has 2 aromatic carbocycles. The molecule has 0 fully saturated rings. The molecule has 190 valence electrons. The highest BCUT2D eigenvalue weighted by atomic mass is 35.5. The molecule has 0 atom stereocenters. The summed E-state index contributed by atoms with van der Waals surface area (Å²) in [5.74, 6) is -2.18. The number of benzene rings is 2. The lowest BCUT2D eigenvalue weighted by atomic mass is 10.0. The van der Waals surface area contributed by atoms with Gasteiger partial charge in [0.15, 0.2) is 10.8 Å². The fourth-order valence-electron chi connectivity index (χ4n) is 3.98. The van der Waals surface area contributed by atoms with Crippen molar-refractivity contribution in [1.29, 1.82) is 0 Å². The molecule has 0 aliphatic carbocycles. The topological polar surface area (TPSA) is 89.8 Å². The third-order valence-electron chi connectivity index (χ3n) is 5.81. The molecule has 0 saturated heterocycles.